The summed E-state index contributed by atoms with van der Waals surface area (Å²) in [5.74, 6) is 0.340. The highest BCUT2D eigenvalue weighted by molar-refractivity contribution is 6.15. The van der Waals surface area contributed by atoms with Gasteiger partial charge in [0.25, 0.3) is 5.91 Å². The number of pyridine rings is 1. The van der Waals surface area contributed by atoms with Gasteiger partial charge in [0, 0.05) is 12.1 Å². The molecule has 5 rings (SSSR count). The number of aryl methyl sites for hydroxylation is 1. The van der Waals surface area contributed by atoms with Crippen molar-refractivity contribution in [1.29, 1.82) is 0 Å². The minimum absolute atomic E-state index is 0.0179. The summed E-state index contributed by atoms with van der Waals surface area (Å²) in [7, 11) is 0. The van der Waals surface area contributed by atoms with Crippen LogP contribution in [0.1, 0.15) is 44.1 Å². The molecule has 0 unspecified atom stereocenters. The summed E-state index contributed by atoms with van der Waals surface area (Å²) in [6.07, 6.45) is 6.32. The number of benzene rings is 1. The molecule has 0 radical (unpaired) electrons. The Morgan fingerprint density at radius 1 is 1.15 bits per heavy atom. The van der Waals surface area contributed by atoms with Gasteiger partial charge in [-0.2, -0.15) is 0 Å². The van der Waals surface area contributed by atoms with Crippen LogP contribution in [0.4, 0.5) is 17.2 Å². The lowest BCUT2D eigenvalue weighted by Gasteiger charge is -2.45. The number of fused-ring (bicyclic) bond motifs is 1. The Labute approximate surface area is 199 Å². The van der Waals surface area contributed by atoms with E-state index in [1.54, 1.807) is 11.1 Å². The Morgan fingerprint density at radius 2 is 1.88 bits per heavy atom. The number of carbonyl (C=O) groups excluding carboxylic acids is 3. The van der Waals surface area contributed by atoms with Gasteiger partial charge in [-0.15, -0.1) is 0 Å². The molecule has 8 nitrogen and oxygen atoms in total. The van der Waals surface area contributed by atoms with E-state index in [0.717, 1.165) is 24.1 Å². The van der Waals surface area contributed by atoms with Gasteiger partial charge in [-0.05, 0) is 75.5 Å². The lowest BCUT2D eigenvalue weighted by molar-refractivity contribution is -0.128. The van der Waals surface area contributed by atoms with Crippen LogP contribution in [0.5, 0.6) is 0 Å². The molecule has 0 bridgehead atoms. The third-order valence-corrected chi connectivity index (χ3v) is 7.41. The first kappa shape index (κ1) is 22.5. The molecule has 1 aliphatic carbocycles. The number of rotatable bonds is 4. The standard InChI is InChI=1S/C26H31N5O3/c1-18-8-13-27-22(16-18)29-24(33)19-9-14-30(15-10-19)17-23(32)31-21-7-3-2-6-20(21)28-25(34)26(31)11-4-5-12-26/h2-3,6-8,13,16,19H,4-5,9-12,14-15,17H2,1H3,(H,28,34)(H,27,29,33). The van der Waals surface area contributed by atoms with Gasteiger partial charge >= 0.3 is 0 Å². The van der Waals surface area contributed by atoms with Crippen molar-refractivity contribution in [2.24, 2.45) is 5.92 Å². The van der Waals surface area contributed by atoms with Crippen LogP contribution in [0.15, 0.2) is 42.6 Å². The number of anilines is 3. The Bertz CT molecular complexity index is 1100. The number of likely N-dealkylation sites (tertiary alicyclic amines) is 1. The Kier molecular flexibility index (Phi) is 6.08. The zero-order chi connectivity index (χ0) is 23.7. The molecule has 1 saturated carbocycles. The van der Waals surface area contributed by atoms with Gasteiger partial charge in [-0.25, -0.2) is 4.98 Å². The van der Waals surface area contributed by atoms with E-state index < -0.39 is 5.54 Å². The van der Waals surface area contributed by atoms with Crippen LogP contribution in [0, 0.1) is 12.8 Å². The van der Waals surface area contributed by atoms with Crippen LogP contribution in [0.25, 0.3) is 0 Å². The topological polar surface area (TPSA) is 94.6 Å². The molecule has 3 aliphatic rings. The first-order valence-electron chi connectivity index (χ1n) is 12.2. The average molecular weight is 462 g/mol. The molecule has 3 amide bonds. The summed E-state index contributed by atoms with van der Waals surface area (Å²) < 4.78 is 0. The van der Waals surface area contributed by atoms with Crippen LogP contribution in [0.2, 0.25) is 0 Å². The van der Waals surface area contributed by atoms with Crippen molar-refractivity contribution < 1.29 is 14.4 Å². The zero-order valence-electron chi connectivity index (χ0n) is 19.5. The first-order chi connectivity index (χ1) is 16.5. The number of para-hydroxylation sites is 2. The molecule has 2 fully saturated rings. The Hall–Kier alpha value is -3.26. The van der Waals surface area contributed by atoms with E-state index in [1.807, 2.05) is 43.3 Å². The summed E-state index contributed by atoms with van der Waals surface area (Å²) in [5.41, 5.74) is 1.74. The Morgan fingerprint density at radius 3 is 2.62 bits per heavy atom. The fraction of sp³-hybridized carbons (Fsp3) is 0.462. The quantitative estimate of drug-likeness (QED) is 0.728. The van der Waals surface area contributed by atoms with Gasteiger partial charge in [0.15, 0.2) is 0 Å². The van der Waals surface area contributed by atoms with Crippen LogP contribution in [0.3, 0.4) is 0 Å². The number of amides is 3. The highest BCUT2D eigenvalue weighted by Crippen LogP contribution is 2.45. The fourth-order valence-electron chi connectivity index (χ4n) is 5.58. The number of carbonyl (C=O) groups is 3. The third kappa shape index (κ3) is 4.18. The van der Waals surface area contributed by atoms with Gasteiger partial charge in [-0.1, -0.05) is 25.0 Å². The van der Waals surface area contributed by atoms with Crippen LogP contribution < -0.4 is 15.5 Å². The molecular formula is C26H31N5O3. The molecule has 0 atom stereocenters. The molecule has 2 aliphatic heterocycles. The predicted octanol–water partition coefficient (Wildman–Crippen LogP) is 3.34. The van der Waals surface area contributed by atoms with Gasteiger partial charge in [0.2, 0.25) is 11.8 Å². The maximum absolute atomic E-state index is 13.6. The van der Waals surface area contributed by atoms with Gasteiger partial charge < -0.3 is 10.6 Å². The second kappa shape index (κ2) is 9.18. The average Bonchev–Trinajstić information content (AvgIpc) is 3.30. The lowest BCUT2D eigenvalue weighted by atomic mass is 9.89. The SMILES string of the molecule is Cc1ccnc(NC(=O)C2CCN(CC(=O)N3c4ccccc4NC(=O)C34CCCC4)CC2)c1. The normalized spacial score (nSPS) is 20.1. The highest BCUT2D eigenvalue weighted by Gasteiger charge is 2.52. The molecule has 1 aromatic carbocycles. The number of nitrogens with one attached hydrogen (secondary N) is 2. The molecule has 178 valence electrons. The second-order valence-electron chi connectivity index (χ2n) is 9.70. The van der Waals surface area contributed by atoms with E-state index in [-0.39, 0.29) is 30.2 Å². The summed E-state index contributed by atoms with van der Waals surface area (Å²) in [4.78, 5) is 47.6. The van der Waals surface area contributed by atoms with Crippen LogP contribution >= 0.6 is 0 Å². The van der Waals surface area contributed by atoms with Crippen LogP contribution in [-0.2, 0) is 14.4 Å². The maximum atomic E-state index is 13.6. The van der Waals surface area contributed by atoms with Gasteiger partial charge in [0.05, 0.1) is 17.9 Å². The molecule has 8 heteroatoms. The summed E-state index contributed by atoms with van der Waals surface area (Å²) >= 11 is 0. The zero-order valence-corrected chi connectivity index (χ0v) is 19.5. The lowest BCUT2D eigenvalue weighted by Crippen LogP contribution is -2.62. The predicted molar refractivity (Wildman–Crippen MR) is 131 cm³/mol. The largest absolute Gasteiger partial charge is 0.322 e. The van der Waals surface area contributed by atoms with Crippen molar-refractivity contribution in [3.63, 3.8) is 0 Å². The van der Waals surface area contributed by atoms with Gasteiger partial charge in [0.1, 0.15) is 11.4 Å². The van der Waals surface area contributed by atoms with Crippen molar-refractivity contribution >= 4 is 34.9 Å². The number of nitrogens with zero attached hydrogens (tertiary/aromatic N) is 3. The monoisotopic (exact) mass is 461 g/mol. The van der Waals surface area contributed by atoms with E-state index in [4.69, 9.17) is 0 Å². The van der Waals surface area contributed by atoms with E-state index in [9.17, 15) is 14.4 Å². The van der Waals surface area contributed by atoms with Crippen molar-refractivity contribution in [2.45, 2.75) is 51.0 Å². The summed E-state index contributed by atoms with van der Waals surface area (Å²) in [5, 5.41) is 5.95. The number of piperidine rings is 1. The number of aromatic nitrogens is 1. The Balaban J connectivity index is 1.24. The second-order valence-corrected chi connectivity index (χ2v) is 9.70. The summed E-state index contributed by atoms with van der Waals surface area (Å²) in [6.45, 7) is 3.55. The summed E-state index contributed by atoms with van der Waals surface area (Å²) in [6, 6.07) is 11.3. The third-order valence-electron chi connectivity index (χ3n) is 7.41. The van der Waals surface area contributed by atoms with Gasteiger partial charge in [-0.3, -0.25) is 24.2 Å². The molecule has 2 N–H and O–H groups in total. The van der Waals surface area contributed by atoms with Crippen molar-refractivity contribution in [2.75, 3.05) is 35.2 Å². The molecule has 1 saturated heterocycles. The van der Waals surface area contributed by atoms with E-state index in [0.29, 0.717) is 50.3 Å². The molecule has 2 aromatic rings. The van der Waals surface area contributed by atoms with Crippen LogP contribution in [-0.4, -0.2) is 52.8 Å². The van der Waals surface area contributed by atoms with Crippen molar-refractivity contribution in [1.82, 2.24) is 9.88 Å². The fourth-order valence-corrected chi connectivity index (χ4v) is 5.58. The minimum atomic E-state index is -0.787. The van der Waals surface area contributed by atoms with Crippen molar-refractivity contribution in [3.05, 3.63) is 48.2 Å². The molecule has 1 aromatic heterocycles. The molecule has 1 spiro atoms. The van der Waals surface area contributed by atoms with E-state index >= 15 is 0 Å². The smallest absolute Gasteiger partial charge is 0.250 e. The molecule has 34 heavy (non-hydrogen) atoms. The number of hydrogen-bond donors (Lipinski definition) is 2. The van der Waals surface area contributed by atoms with E-state index in [1.165, 1.54) is 0 Å². The first-order valence-corrected chi connectivity index (χ1v) is 12.2. The minimum Gasteiger partial charge on any atom is -0.322 e. The number of hydrogen-bond acceptors (Lipinski definition) is 5. The highest BCUT2D eigenvalue weighted by atomic mass is 16.2. The maximum Gasteiger partial charge on any atom is 0.250 e. The molecule has 3 heterocycles. The van der Waals surface area contributed by atoms with Crippen molar-refractivity contribution in [3.8, 4) is 0 Å². The van der Waals surface area contributed by atoms with E-state index in [2.05, 4.69) is 20.5 Å². The molecular weight excluding hydrogens is 430 g/mol.